The molecule has 168 valence electrons. The van der Waals surface area contributed by atoms with Gasteiger partial charge in [0, 0.05) is 13.1 Å². The number of urea groups is 1. The third-order valence-electron chi connectivity index (χ3n) is 4.90. The average molecular weight is 470 g/mol. The molecular formula is C20H16ClF4N5O2. The lowest BCUT2D eigenvalue weighted by Crippen LogP contribution is -2.58. The molecular weight excluding hydrogens is 454 g/mol. The highest BCUT2D eigenvalue weighted by Crippen LogP contribution is 2.32. The fraction of sp³-hybridized carbons (Fsp3) is 0.300. The zero-order chi connectivity index (χ0) is 23.6. The number of nitrogens with zero attached hydrogens (tertiary/aromatic N) is 3. The molecule has 0 radical (unpaired) electrons. The van der Waals surface area contributed by atoms with Gasteiger partial charge in [0.2, 0.25) is 5.91 Å². The highest BCUT2D eigenvalue weighted by atomic mass is 35.5. The Balaban J connectivity index is 2.06. The third-order valence-corrected chi connectivity index (χ3v) is 5.23. The number of amides is 3. The lowest BCUT2D eigenvalue weighted by molar-refractivity contribution is -0.143. The van der Waals surface area contributed by atoms with E-state index in [9.17, 15) is 32.4 Å². The van der Waals surface area contributed by atoms with Gasteiger partial charge in [0.15, 0.2) is 11.5 Å². The van der Waals surface area contributed by atoms with Crippen molar-refractivity contribution in [3.05, 3.63) is 63.7 Å². The predicted octanol–water partition coefficient (Wildman–Crippen LogP) is 3.38. The van der Waals surface area contributed by atoms with Gasteiger partial charge >= 0.3 is 12.2 Å². The molecule has 7 nitrogen and oxygen atoms in total. The van der Waals surface area contributed by atoms with Gasteiger partial charge in [-0.05, 0) is 36.8 Å². The molecule has 1 fully saturated rings. The summed E-state index contributed by atoms with van der Waals surface area (Å²) in [5, 5.41) is 14.5. The summed E-state index contributed by atoms with van der Waals surface area (Å²) >= 11 is 5.94. The zero-order valence-electron chi connectivity index (χ0n) is 16.5. The molecule has 2 N–H and O–H groups in total. The number of halogens is 5. The summed E-state index contributed by atoms with van der Waals surface area (Å²) in [5.74, 6) is -1.96. The van der Waals surface area contributed by atoms with Crippen LogP contribution in [0.5, 0.6) is 0 Å². The molecule has 2 atom stereocenters. The van der Waals surface area contributed by atoms with Crippen molar-refractivity contribution in [3.8, 4) is 6.07 Å². The molecule has 3 amide bonds. The summed E-state index contributed by atoms with van der Waals surface area (Å²) in [6, 6.07) is 4.63. The number of nitriles is 1. The van der Waals surface area contributed by atoms with Crippen molar-refractivity contribution in [2.24, 2.45) is 0 Å². The number of rotatable bonds is 3. The SMILES string of the molecule is C[C@@H]1C(=O)NCCN1C(=O)N[C@H](c1ccc(Cl)c(C#N)c1)c1ccc(F)c(C(F)(F)F)n1. The summed E-state index contributed by atoms with van der Waals surface area (Å²) in [4.78, 5) is 29.4. The van der Waals surface area contributed by atoms with Crippen LogP contribution in [0.1, 0.15) is 35.5 Å². The van der Waals surface area contributed by atoms with Gasteiger partial charge in [-0.2, -0.15) is 18.4 Å². The largest absolute Gasteiger partial charge is 0.436 e. The second kappa shape index (κ2) is 9.00. The minimum absolute atomic E-state index is 0.0206. The minimum atomic E-state index is -5.06. The van der Waals surface area contributed by atoms with Crippen molar-refractivity contribution in [2.45, 2.75) is 25.2 Å². The predicted molar refractivity (Wildman–Crippen MR) is 105 cm³/mol. The van der Waals surface area contributed by atoms with Gasteiger partial charge in [0.05, 0.1) is 22.3 Å². The van der Waals surface area contributed by atoms with Crippen LogP contribution in [0.15, 0.2) is 30.3 Å². The third kappa shape index (κ3) is 4.75. The first-order valence-electron chi connectivity index (χ1n) is 9.31. The summed E-state index contributed by atoms with van der Waals surface area (Å²) in [7, 11) is 0. The Bertz CT molecular complexity index is 1100. The molecule has 2 aromatic rings. The number of nitrogens with one attached hydrogen (secondary N) is 2. The lowest BCUT2D eigenvalue weighted by atomic mass is 10.0. The summed E-state index contributed by atoms with van der Waals surface area (Å²) in [6.45, 7) is 1.87. The molecule has 0 saturated carbocycles. The second-order valence-electron chi connectivity index (χ2n) is 6.96. The van der Waals surface area contributed by atoms with Crippen molar-refractivity contribution < 1.29 is 27.2 Å². The first kappa shape index (κ1) is 23.3. The molecule has 32 heavy (non-hydrogen) atoms. The normalized spacial score (nSPS) is 17.3. The van der Waals surface area contributed by atoms with Gasteiger partial charge in [-0.3, -0.25) is 4.79 Å². The Morgan fingerprint density at radius 3 is 2.75 bits per heavy atom. The molecule has 0 bridgehead atoms. The molecule has 1 aliphatic rings. The fourth-order valence-electron chi connectivity index (χ4n) is 3.22. The Hall–Kier alpha value is -3.39. The van der Waals surface area contributed by atoms with E-state index in [1.807, 2.05) is 6.07 Å². The first-order chi connectivity index (χ1) is 15.0. The quantitative estimate of drug-likeness (QED) is 0.673. The Kier molecular flexibility index (Phi) is 6.55. The number of benzene rings is 1. The van der Waals surface area contributed by atoms with Crippen molar-refractivity contribution in [1.82, 2.24) is 20.5 Å². The van der Waals surface area contributed by atoms with Crippen LogP contribution in [0.4, 0.5) is 22.4 Å². The maximum Gasteiger partial charge on any atom is 0.436 e. The van der Waals surface area contributed by atoms with Crippen LogP contribution >= 0.6 is 11.6 Å². The molecule has 1 aromatic carbocycles. The van der Waals surface area contributed by atoms with E-state index in [1.54, 1.807) is 0 Å². The number of hydrogen-bond donors (Lipinski definition) is 2. The number of aromatic nitrogens is 1. The highest BCUT2D eigenvalue weighted by molar-refractivity contribution is 6.31. The van der Waals surface area contributed by atoms with Gasteiger partial charge in [-0.1, -0.05) is 17.7 Å². The van der Waals surface area contributed by atoms with E-state index in [0.29, 0.717) is 6.07 Å². The van der Waals surface area contributed by atoms with Crippen molar-refractivity contribution in [1.29, 1.82) is 5.26 Å². The van der Waals surface area contributed by atoms with Crippen LogP contribution in [-0.4, -0.2) is 41.0 Å². The summed E-state index contributed by atoms with van der Waals surface area (Å²) < 4.78 is 53.4. The molecule has 1 saturated heterocycles. The number of alkyl halides is 3. The van der Waals surface area contributed by atoms with Gasteiger partial charge < -0.3 is 15.5 Å². The van der Waals surface area contributed by atoms with E-state index < -0.39 is 35.8 Å². The van der Waals surface area contributed by atoms with Gasteiger partial charge in [-0.15, -0.1) is 0 Å². The van der Waals surface area contributed by atoms with E-state index in [-0.39, 0.29) is 40.8 Å². The topological polar surface area (TPSA) is 98.1 Å². The van der Waals surface area contributed by atoms with Crippen molar-refractivity contribution >= 4 is 23.5 Å². The lowest BCUT2D eigenvalue weighted by Gasteiger charge is -2.34. The van der Waals surface area contributed by atoms with Crippen LogP contribution in [-0.2, 0) is 11.0 Å². The molecule has 0 unspecified atom stereocenters. The van der Waals surface area contributed by atoms with Crippen LogP contribution in [0.25, 0.3) is 0 Å². The smallest absolute Gasteiger partial charge is 0.353 e. The van der Waals surface area contributed by atoms with Crippen LogP contribution in [0.3, 0.4) is 0 Å². The number of hydrogen-bond acceptors (Lipinski definition) is 4. The minimum Gasteiger partial charge on any atom is -0.353 e. The molecule has 0 aliphatic carbocycles. The van der Waals surface area contributed by atoms with Gasteiger partial charge in [0.1, 0.15) is 12.1 Å². The number of carbonyl (C=O) groups excluding carboxylic acids is 2. The van der Waals surface area contributed by atoms with Gasteiger partial charge in [0.25, 0.3) is 0 Å². The van der Waals surface area contributed by atoms with E-state index in [4.69, 9.17) is 11.6 Å². The van der Waals surface area contributed by atoms with Crippen molar-refractivity contribution in [2.75, 3.05) is 13.1 Å². The maximum absolute atomic E-state index is 13.8. The standard InChI is InChI=1S/C20H16ClF4N5O2/c1-10-18(31)27-6-7-30(10)19(32)29-16(11-2-3-13(21)12(8-11)9-26)15-5-4-14(22)17(28-15)20(23,24)25/h2-5,8,10,16H,6-7H2,1H3,(H,27,31)(H,29,32)/t10-,16-/m1/s1. The number of carbonyl (C=O) groups is 2. The highest BCUT2D eigenvalue weighted by Gasteiger charge is 2.38. The molecule has 12 heteroatoms. The van der Waals surface area contributed by atoms with Crippen LogP contribution in [0.2, 0.25) is 5.02 Å². The van der Waals surface area contributed by atoms with Gasteiger partial charge in [-0.25, -0.2) is 14.2 Å². The average Bonchev–Trinajstić information content (AvgIpc) is 2.74. The zero-order valence-corrected chi connectivity index (χ0v) is 17.3. The molecule has 1 aromatic heterocycles. The summed E-state index contributed by atoms with van der Waals surface area (Å²) in [5.41, 5.74) is -1.84. The molecule has 1 aliphatic heterocycles. The van der Waals surface area contributed by atoms with Crippen molar-refractivity contribution in [3.63, 3.8) is 0 Å². The van der Waals surface area contributed by atoms with Crippen LogP contribution < -0.4 is 10.6 Å². The van der Waals surface area contributed by atoms with E-state index >= 15 is 0 Å². The number of piperazine rings is 1. The Labute approximate surface area is 185 Å². The van der Waals surface area contributed by atoms with E-state index in [2.05, 4.69) is 15.6 Å². The maximum atomic E-state index is 13.8. The molecule has 0 spiro atoms. The van der Waals surface area contributed by atoms with Crippen LogP contribution in [0, 0.1) is 17.1 Å². The molecule has 3 rings (SSSR count). The molecule has 2 heterocycles. The van der Waals surface area contributed by atoms with E-state index in [1.165, 1.54) is 30.0 Å². The van der Waals surface area contributed by atoms with E-state index in [0.717, 1.165) is 6.07 Å². The Morgan fingerprint density at radius 1 is 1.38 bits per heavy atom. The summed E-state index contributed by atoms with van der Waals surface area (Å²) in [6.07, 6.45) is -5.06. The Morgan fingerprint density at radius 2 is 2.09 bits per heavy atom. The second-order valence-corrected chi connectivity index (χ2v) is 7.37. The monoisotopic (exact) mass is 469 g/mol. The number of pyridine rings is 1. The first-order valence-corrected chi connectivity index (χ1v) is 9.68. The fourth-order valence-corrected chi connectivity index (χ4v) is 3.38.